The van der Waals surface area contributed by atoms with Gasteiger partial charge < -0.3 is 0 Å². The first kappa shape index (κ1) is 7.44. The van der Waals surface area contributed by atoms with Crippen molar-refractivity contribution in [2.24, 2.45) is 0 Å². The molecule has 0 rings (SSSR count). The number of carbonyl (C=O) groups excluding carboxylic acids is 1. The van der Waals surface area contributed by atoms with Crippen molar-refractivity contribution >= 4 is 17.4 Å². The lowest BCUT2D eigenvalue weighted by Gasteiger charge is -1.83. The largest absolute Gasteiger partial charge is 0.294 e. The fourth-order valence-corrected chi connectivity index (χ4v) is 0.310. The Labute approximate surface area is 53.6 Å². The Morgan fingerprint density at radius 2 is 2.25 bits per heavy atom. The summed E-state index contributed by atoms with van der Waals surface area (Å²) in [7, 11) is 0. The number of rotatable bonds is 2. The number of carbonyl (C=O) groups is 1. The van der Waals surface area contributed by atoms with Gasteiger partial charge in [-0.3, -0.25) is 4.79 Å². The average Bonchev–Trinajstić information content (AvgIpc) is 1.67. The van der Waals surface area contributed by atoms with E-state index in [2.05, 4.69) is 6.58 Å². The van der Waals surface area contributed by atoms with E-state index in [0.717, 1.165) is 0 Å². The lowest BCUT2D eigenvalue weighted by atomic mass is 10.4. The van der Waals surface area contributed by atoms with Crippen molar-refractivity contribution in [3.05, 3.63) is 23.8 Å². The van der Waals surface area contributed by atoms with Gasteiger partial charge >= 0.3 is 0 Å². The number of Topliss-reactive ketones (excluding diaryl/α,β-unsaturated/α-hetero) is 1. The van der Waals surface area contributed by atoms with E-state index in [0.29, 0.717) is 0 Å². The maximum atomic E-state index is 10.3. The molecule has 0 bridgehead atoms. The minimum Gasteiger partial charge on any atom is -0.294 e. The minimum atomic E-state index is -0.133. The van der Waals surface area contributed by atoms with Crippen molar-refractivity contribution in [3.63, 3.8) is 0 Å². The molecule has 0 aliphatic carbocycles. The number of allylic oxidation sites excluding steroid dienone is 3. The lowest BCUT2D eigenvalue weighted by Crippen LogP contribution is -1.86. The SMILES string of the molecule is C=CC=C(Cl)C(C)=O. The van der Waals surface area contributed by atoms with E-state index in [1.54, 1.807) is 0 Å². The van der Waals surface area contributed by atoms with Crippen LogP contribution in [0, 0.1) is 0 Å². The lowest BCUT2D eigenvalue weighted by molar-refractivity contribution is -0.113. The highest BCUT2D eigenvalue weighted by atomic mass is 35.5. The van der Waals surface area contributed by atoms with Gasteiger partial charge in [0, 0.05) is 6.92 Å². The predicted octanol–water partition coefficient (Wildman–Crippen LogP) is 1.88. The summed E-state index contributed by atoms with van der Waals surface area (Å²) in [6, 6.07) is 0. The third-order valence-electron chi connectivity index (χ3n) is 0.601. The van der Waals surface area contributed by atoms with E-state index >= 15 is 0 Å². The summed E-state index contributed by atoms with van der Waals surface area (Å²) in [5.74, 6) is -0.133. The van der Waals surface area contributed by atoms with Gasteiger partial charge in [-0.15, -0.1) is 0 Å². The van der Waals surface area contributed by atoms with Crippen LogP contribution in [-0.2, 0) is 4.79 Å². The molecule has 0 radical (unpaired) electrons. The Bertz CT molecular complexity index is 135. The molecule has 1 nitrogen and oxygen atoms in total. The molecule has 0 aliphatic heterocycles. The molecule has 0 aliphatic rings. The van der Waals surface area contributed by atoms with Gasteiger partial charge in [0.15, 0.2) is 5.78 Å². The summed E-state index contributed by atoms with van der Waals surface area (Å²) in [5.41, 5.74) is 0. The van der Waals surface area contributed by atoms with E-state index in [1.165, 1.54) is 19.1 Å². The summed E-state index contributed by atoms with van der Waals surface area (Å²) >= 11 is 5.36. The Morgan fingerprint density at radius 1 is 1.75 bits per heavy atom. The van der Waals surface area contributed by atoms with E-state index in [9.17, 15) is 4.79 Å². The first-order valence-corrected chi connectivity index (χ1v) is 2.55. The van der Waals surface area contributed by atoms with E-state index < -0.39 is 0 Å². The van der Waals surface area contributed by atoms with Crippen molar-refractivity contribution in [2.75, 3.05) is 0 Å². The molecular formula is C6H7ClO. The van der Waals surface area contributed by atoms with Gasteiger partial charge in [0.1, 0.15) is 0 Å². The highest BCUT2D eigenvalue weighted by molar-refractivity contribution is 6.42. The molecule has 2 heteroatoms. The Morgan fingerprint density at radius 3 is 2.38 bits per heavy atom. The van der Waals surface area contributed by atoms with Gasteiger partial charge in [0.05, 0.1) is 5.03 Å². The molecule has 0 atom stereocenters. The molecule has 0 saturated carbocycles. The zero-order valence-corrected chi connectivity index (χ0v) is 5.40. The minimum absolute atomic E-state index is 0.133. The zero-order valence-electron chi connectivity index (χ0n) is 4.65. The van der Waals surface area contributed by atoms with Crippen molar-refractivity contribution in [2.45, 2.75) is 6.92 Å². The van der Waals surface area contributed by atoms with E-state index in [4.69, 9.17) is 11.6 Å². The van der Waals surface area contributed by atoms with Crippen molar-refractivity contribution in [1.82, 2.24) is 0 Å². The Kier molecular flexibility index (Phi) is 3.20. The Balaban J connectivity index is 3.99. The quantitative estimate of drug-likeness (QED) is 0.412. The predicted molar refractivity (Wildman–Crippen MR) is 34.8 cm³/mol. The third kappa shape index (κ3) is 2.59. The van der Waals surface area contributed by atoms with Crippen LogP contribution in [0.25, 0.3) is 0 Å². The first-order valence-electron chi connectivity index (χ1n) is 2.17. The molecule has 0 saturated heterocycles. The van der Waals surface area contributed by atoms with Gasteiger partial charge in [-0.05, 0) is 6.08 Å². The second-order valence-electron chi connectivity index (χ2n) is 1.31. The van der Waals surface area contributed by atoms with Gasteiger partial charge in [0.2, 0.25) is 0 Å². The molecule has 0 fully saturated rings. The van der Waals surface area contributed by atoms with Crippen LogP contribution in [0.3, 0.4) is 0 Å². The van der Waals surface area contributed by atoms with Crippen LogP contribution in [0.4, 0.5) is 0 Å². The molecule has 0 N–H and O–H groups in total. The highest BCUT2D eigenvalue weighted by Gasteiger charge is 1.93. The standard InChI is InChI=1S/C6H7ClO/c1-3-4-6(7)5(2)8/h3-4H,1H2,2H3. The monoisotopic (exact) mass is 130 g/mol. The van der Waals surface area contributed by atoms with Crippen LogP contribution in [0.2, 0.25) is 0 Å². The van der Waals surface area contributed by atoms with Crippen LogP contribution in [0.5, 0.6) is 0 Å². The third-order valence-corrected chi connectivity index (χ3v) is 0.993. The maximum Gasteiger partial charge on any atom is 0.171 e. The van der Waals surface area contributed by atoms with Crippen LogP contribution in [0.1, 0.15) is 6.92 Å². The molecule has 44 valence electrons. The molecule has 0 aromatic heterocycles. The zero-order chi connectivity index (χ0) is 6.57. The average molecular weight is 131 g/mol. The van der Waals surface area contributed by atoms with Crippen LogP contribution >= 0.6 is 11.6 Å². The topological polar surface area (TPSA) is 17.1 Å². The highest BCUT2D eigenvalue weighted by Crippen LogP contribution is 2.00. The summed E-state index contributed by atoms with van der Waals surface area (Å²) < 4.78 is 0. The summed E-state index contributed by atoms with van der Waals surface area (Å²) in [6.07, 6.45) is 2.94. The number of hydrogen-bond donors (Lipinski definition) is 0. The van der Waals surface area contributed by atoms with Gasteiger partial charge in [0.25, 0.3) is 0 Å². The maximum absolute atomic E-state index is 10.3. The first-order chi connectivity index (χ1) is 3.68. The second-order valence-corrected chi connectivity index (χ2v) is 1.71. The van der Waals surface area contributed by atoms with Crippen LogP contribution < -0.4 is 0 Å². The fraction of sp³-hybridized carbons (Fsp3) is 0.167. The van der Waals surface area contributed by atoms with Gasteiger partial charge in [-0.25, -0.2) is 0 Å². The molecule has 0 amide bonds. The molecule has 8 heavy (non-hydrogen) atoms. The van der Waals surface area contributed by atoms with Gasteiger partial charge in [-0.2, -0.15) is 0 Å². The summed E-state index contributed by atoms with van der Waals surface area (Å²) in [5, 5.41) is 0.222. The molecular weight excluding hydrogens is 124 g/mol. The van der Waals surface area contributed by atoms with Crippen molar-refractivity contribution in [1.29, 1.82) is 0 Å². The molecule has 0 spiro atoms. The molecule has 0 heterocycles. The second kappa shape index (κ2) is 3.44. The van der Waals surface area contributed by atoms with Crippen LogP contribution in [-0.4, -0.2) is 5.78 Å². The van der Waals surface area contributed by atoms with Crippen molar-refractivity contribution in [3.8, 4) is 0 Å². The summed E-state index contributed by atoms with van der Waals surface area (Å²) in [4.78, 5) is 10.3. The number of hydrogen-bond acceptors (Lipinski definition) is 1. The normalized spacial score (nSPS) is 11.0. The molecule has 0 aromatic rings. The van der Waals surface area contributed by atoms with E-state index in [-0.39, 0.29) is 10.8 Å². The number of halogens is 1. The Hall–Kier alpha value is -0.560. The van der Waals surface area contributed by atoms with Crippen LogP contribution in [0.15, 0.2) is 23.8 Å². The molecule has 0 aromatic carbocycles. The van der Waals surface area contributed by atoms with Crippen molar-refractivity contribution < 1.29 is 4.79 Å². The van der Waals surface area contributed by atoms with E-state index in [1.807, 2.05) is 0 Å². The number of ketones is 1. The van der Waals surface area contributed by atoms with Gasteiger partial charge in [-0.1, -0.05) is 24.3 Å². The summed E-state index contributed by atoms with van der Waals surface area (Å²) in [6.45, 7) is 4.78. The smallest absolute Gasteiger partial charge is 0.171 e. The fourth-order valence-electron chi connectivity index (χ4n) is 0.221. The molecule has 0 unspecified atom stereocenters.